The van der Waals surface area contributed by atoms with Gasteiger partial charge in [0.2, 0.25) is 11.8 Å². The van der Waals surface area contributed by atoms with Crippen LogP contribution in [-0.4, -0.2) is 80.4 Å². The molecule has 2 rings (SSSR count). The molecule has 1 aromatic heterocycles. The first-order valence-electron chi connectivity index (χ1n) is 10.8. The first-order valence-corrected chi connectivity index (χ1v) is 10.8. The fourth-order valence-electron chi connectivity index (χ4n) is 3.15. The maximum atomic E-state index is 12.3. The lowest BCUT2D eigenvalue weighted by Gasteiger charge is -2.15. The summed E-state index contributed by atoms with van der Waals surface area (Å²) in [6.45, 7) is -0.266. The number of rotatable bonds is 11. The fraction of sp³-hybridized carbons (Fsp3) is 0.348. The van der Waals surface area contributed by atoms with Crippen molar-refractivity contribution < 1.29 is 49.4 Å². The van der Waals surface area contributed by atoms with Crippen molar-refractivity contribution in [2.24, 2.45) is 16.8 Å². The number of nitrogens with zero attached hydrogens (tertiary/aromatic N) is 1. The molecule has 1 aromatic carbocycles. The Balaban J connectivity index is 2.61. The van der Waals surface area contributed by atoms with Crippen LogP contribution in [0.15, 0.2) is 32.4 Å². The molecule has 2 amide bonds. The zero-order valence-corrected chi connectivity index (χ0v) is 19.9. The van der Waals surface area contributed by atoms with Crippen molar-refractivity contribution in [3.05, 3.63) is 39.7 Å². The SMILES string of the molecule is CC(=O)c1c(O)oc(=O)c(C(C)=Nc2cc(NC(=O)C(CO)CO)cc(NC(=O)C(CO)CO)c2)c1O. The van der Waals surface area contributed by atoms with E-state index in [-0.39, 0.29) is 22.8 Å². The molecule has 0 spiro atoms. The summed E-state index contributed by atoms with van der Waals surface area (Å²) in [5.74, 6) is -6.52. The number of amides is 2. The predicted molar refractivity (Wildman–Crippen MR) is 129 cm³/mol. The number of benzene rings is 1. The van der Waals surface area contributed by atoms with E-state index in [0.717, 1.165) is 6.92 Å². The number of aliphatic hydroxyl groups is 4. The molecule has 0 saturated carbocycles. The Morgan fingerprint density at radius 1 is 0.838 bits per heavy atom. The smallest absolute Gasteiger partial charge is 0.351 e. The number of aliphatic imine (C=N–C) groups is 1. The number of carbonyl (C=O) groups excluding carboxylic acids is 3. The minimum absolute atomic E-state index is 0.0101. The molecule has 200 valence electrons. The van der Waals surface area contributed by atoms with Gasteiger partial charge < -0.3 is 45.7 Å². The van der Waals surface area contributed by atoms with E-state index in [1.807, 2.05) is 0 Å². The van der Waals surface area contributed by atoms with Gasteiger partial charge in [-0.15, -0.1) is 0 Å². The summed E-state index contributed by atoms with van der Waals surface area (Å²) < 4.78 is 4.62. The topological polar surface area (TPSA) is 239 Å². The number of aromatic hydroxyl groups is 2. The molecule has 14 nitrogen and oxygen atoms in total. The van der Waals surface area contributed by atoms with Gasteiger partial charge in [-0.3, -0.25) is 19.4 Å². The minimum Gasteiger partial charge on any atom is -0.506 e. The van der Waals surface area contributed by atoms with Gasteiger partial charge in [0.05, 0.1) is 49.7 Å². The van der Waals surface area contributed by atoms with Gasteiger partial charge in [-0.1, -0.05) is 0 Å². The van der Waals surface area contributed by atoms with E-state index in [1.165, 1.54) is 25.1 Å². The molecule has 37 heavy (non-hydrogen) atoms. The van der Waals surface area contributed by atoms with E-state index in [1.54, 1.807) is 0 Å². The molecular weight excluding hydrogens is 494 g/mol. The number of Topliss-reactive ketones (excluding diaryl/α,β-unsaturated/α-hetero) is 1. The van der Waals surface area contributed by atoms with Crippen LogP contribution >= 0.6 is 0 Å². The highest BCUT2D eigenvalue weighted by Crippen LogP contribution is 2.31. The van der Waals surface area contributed by atoms with Crippen molar-refractivity contribution in [3.63, 3.8) is 0 Å². The zero-order chi connectivity index (χ0) is 27.9. The summed E-state index contributed by atoms with van der Waals surface area (Å²) >= 11 is 0. The van der Waals surface area contributed by atoms with Crippen molar-refractivity contribution in [3.8, 4) is 11.7 Å². The minimum atomic E-state index is -1.19. The number of nitrogens with one attached hydrogen (secondary N) is 2. The van der Waals surface area contributed by atoms with Crippen LogP contribution in [0.5, 0.6) is 11.7 Å². The van der Waals surface area contributed by atoms with E-state index in [9.17, 15) is 49.8 Å². The summed E-state index contributed by atoms with van der Waals surface area (Å²) in [7, 11) is 0. The molecule has 0 unspecified atom stereocenters. The average Bonchev–Trinajstić information content (AvgIpc) is 2.79. The first-order chi connectivity index (χ1) is 17.5. The third-order valence-corrected chi connectivity index (χ3v) is 5.17. The molecule has 0 radical (unpaired) electrons. The van der Waals surface area contributed by atoms with Gasteiger partial charge in [0.25, 0.3) is 5.95 Å². The van der Waals surface area contributed by atoms with Gasteiger partial charge in [-0.2, -0.15) is 0 Å². The molecule has 8 N–H and O–H groups in total. The van der Waals surface area contributed by atoms with Crippen molar-refractivity contribution in [1.82, 2.24) is 0 Å². The first kappa shape index (κ1) is 29.1. The summed E-state index contributed by atoms with van der Waals surface area (Å²) in [6, 6.07) is 3.88. The fourth-order valence-corrected chi connectivity index (χ4v) is 3.15. The van der Waals surface area contributed by atoms with E-state index in [4.69, 9.17) is 0 Å². The largest absolute Gasteiger partial charge is 0.506 e. The number of hydrogen-bond donors (Lipinski definition) is 8. The molecule has 1 heterocycles. The lowest BCUT2D eigenvalue weighted by Crippen LogP contribution is -2.29. The standard InChI is InChI=1S/C23H27N3O11/c1-10(17-19(32)18(11(2)31)23(36)37-22(17)35)24-14-3-15(25-20(33)12(6-27)7-28)5-16(4-14)26-21(34)13(8-29)9-30/h3-5,12-13,27-30,32,36H,6-9H2,1-2H3,(H,25,33)(H,26,34). The normalized spacial score (nSPS) is 11.6. The second-order valence-corrected chi connectivity index (χ2v) is 7.92. The Kier molecular flexibility index (Phi) is 10.0. The molecular formula is C23H27N3O11. The highest BCUT2D eigenvalue weighted by atomic mass is 16.5. The Labute approximate surface area is 209 Å². The molecule has 0 saturated heterocycles. The summed E-state index contributed by atoms with van der Waals surface area (Å²) in [5, 5.41) is 62.0. The molecule has 0 aliphatic heterocycles. The van der Waals surface area contributed by atoms with Gasteiger partial charge in [0.15, 0.2) is 5.78 Å². The summed E-state index contributed by atoms with van der Waals surface area (Å²) in [4.78, 5) is 52.9. The lowest BCUT2D eigenvalue weighted by atomic mass is 10.1. The Hall–Kier alpha value is -4.11. The molecule has 0 aliphatic rings. The van der Waals surface area contributed by atoms with Crippen LogP contribution in [0, 0.1) is 11.8 Å². The number of hydrogen-bond acceptors (Lipinski definition) is 12. The number of aliphatic hydroxyl groups excluding tert-OH is 4. The molecule has 0 bridgehead atoms. The van der Waals surface area contributed by atoms with Crippen LogP contribution in [-0.2, 0) is 9.59 Å². The van der Waals surface area contributed by atoms with Crippen LogP contribution < -0.4 is 16.3 Å². The molecule has 14 heteroatoms. The van der Waals surface area contributed by atoms with E-state index >= 15 is 0 Å². The maximum absolute atomic E-state index is 12.3. The highest BCUT2D eigenvalue weighted by molar-refractivity contribution is 6.07. The number of anilines is 2. The highest BCUT2D eigenvalue weighted by Gasteiger charge is 2.24. The van der Waals surface area contributed by atoms with Crippen LogP contribution in [0.4, 0.5) is 17.1 Å². The zero-order valence-electron chi connectivity index (χ0n) is 19.9. The Morgan fingerprint density at radius 3 is 1.70 bits per heavy atom. The molecule has 0 atom stereocenters. The van der Waals surface area contributed by atoms with Crippen LogP contribution in [0.1, 0.15) is 29.8 Å². The average molecular weight is 521 g/mol. The van der Waals surface area contributed by atoms with Crippen molar-refractivity contribution in [2.75, 3.05) is 37.1 Å². The third-order valence-electron chi connectivity index (χ3n) is 5.17. The molecule has 0 aliphatic carbocycles. The van der Waals surface area contributed by atoms with Gasteiger partial charge in [0, 0.05) is 11.4 Å². The Bertz CT molecular complexity index is 1220. The third kappa shape index (κ3) is 6.98. The van der Waals surface area contributed by atoms with Crippen LogP contribution in [0.25, 0.3) is 0 Å². The lowest BCUT2D eigenvalue weighted by molar-refractivity contribution is -0.123. The van der Waals surface area contributed by atoms with Crippen molar-refractivity contribution in [1.29, 1.82) is 0 Å². The van der Waals surface area contributed by atoms with Gasteiger partial charge >= 0.3 is 5.63 Å². The van der Waals surface area contributed by atoms with Crippen LogP contribution in [0.3, 0.4) is 0 Å². The Morgan fingerprint density at radius 2 is 1.30 bits per heavy atom. The number of carbonyl (C=O) groups is 3. The second-order valence-electron chi connectivity index (χ2n) is 7.92. The molecule has 0 fully saturated rings. The van der Waals surface area contributed by atoms with E-state index in [2.05, 4.69) is 20.0 Å². The molecule has 2 aromatic rings. The second kappa shape index (κ2) is 12.7. The number of ketones is 1. The van der Waals surface area contributed by atoms with E-state index in [0.29, 0.717) is 0 Å². The van der Waals surface area contributed by atoms with Gasteiger partial charge in [0.1, 0.15) is 16.9 Å². The quantitative estimate of drug-likeness (QED) is 0.138. The predicted octanol–water partition coefficient (Wildman–Crippen LogP) is -0.527. The van der Waals surface area contributed by atoms with Crippen LogP contribution in [0.2, 0.25) is 0 Å². The summed E-state index contributed by atoms with van der Waals surface area (Å²) in [5.41, 5.74) is -2.42. The monoisotopic (exact) mass is 521 g/mol. The van der Waals surface area contributed by atoms with Crippen molar-refractivity contribution >= 4 is 40.4 Å². The van der Waals surface area contributed by atoms with Crippen molar-refractivity contribution in [2.45, 2.75) is 13.8 Å². The van der Waals surface area contributed by atoms with Gasteiger partial charge in [-0.05, 0) is 32.0 Å². The summed E-state index contributed by atoms with van der Waals surface area (Å²) in [6.07, 6.45) is 0. The maximum Gasteiger partial charge on any atom is 0.351 e. The van der Waals surface area contributed by atoms with Gasteiger partial charge in [-0.25, -0.2) is 4.79 Å². The van der Waals surface area contributed by atoms with E-state index < -0.39 is 84.3 Å².